The lowest BCUT2D eigenvalue weighted by Gasteiger charge is -2.09. The number of rotatable bonds is 5. The number of aromatic nitrogens is 5. The average Bonchev–Trinajstić information content (AvgIpc) is 3.55. The fraction of sp³-hybridized carbons (Fsp3) is 0. The number of hydrogen-bond donors (Lipinski definition) is 0. The van der Waals surface area contributed by atoms with Gasteiger partial charge in [0, 0.05) is 33.2 Å². The zero-order valence-corrected chi connectivity index (χ0v) is 23.7. The molecule has 0 N–H and O–H groups in total. The van der Waals surface area contributed by atoms with Crippen LogP contribution in [0.2, 0.25) is 0 Å². The first-order chi connectivity index (χ1) is 21.3. The van der Waals surface area contributed by atoms with Crippen LogP contribution in [0, 0.1) is 0 Å². The highest BCUT2D eigenvalue weighted by atomic mass is 32.1. The van der Waals surface area contributed by atoms with Gasteiger partial charge in [-0.3, -0.25) is 0 Å². The van der Waals surface area contributed by atoms with Gasteiger partial charge in [0.15, 0.2) is 17.5 Å². The molecule has 6 heteroatoms. The Morgan fingerprint density at radius 3 is 1.56 bits per heavy atom. The smallest absolute Gasteiger partial charge is 0.164 e. The van der Waals surface area contributed by atoms with Crippen molar-refractivity contribution in [1.29, 1.82) is 0 Å². The van der Waals surface area contributed by atoms with Crippen LogP contribution in [0.15, 0.2) is 140 Å². The zero-order valence-electron chi connectivity index (χ0n) is 22.9. The zero-order chi connectivity index (χ0) is 28.6. The van der Waals surface area contributed by atoms with Crippen molar-refractivity contribution in [3.63, 3.8) is 0 Å². The van der Waals surface area contributed by atoms with Gasteiger partial charge in [-0.05, 0) is 12.1 Å². The molecule has 0 spiro atoms. The van der Waals surface area contributed by atoms with E-state index in [2.05, 4.69) is 36.4 Å². The molecule has 5 aromatic carbocycles. The van der Waals surface area contributed by atoms with Crippen LogP contribution in [-0.2, 0) is 0 Å². The number of nitrogens with zero attached hydrogens (tertiary/aromatic N) is 5. The van der Waals surface area contributed by atoms with Gasteiger partial charge in [-0.15, -0.1) is 11.3 Å². The van der Waals surface area contributed by atoms with E-state index in [0.717, 1.165) is 59.6 Å². The summed E-state index contributed by atoms with van der Waals surface area (Å²) >= 11 is 1.66. The summed E-state index contributed by atoms with van der Waals surface area (Å²) in [6, 6.07) is 46.9. The molecule has 0 aliphatic heterocycles. The molecule has 5 nitrogen and oxygen atoms in total. The van der Waals surface area contributed by atoms with Crippen LogP contribution in [-0.4, -0.2) is 24.9 Å². The summed E-state index contributed by atoms with van der Waals surface area (Å²) in [7, 11) is 0. The molecule has 0 fully saturated rings. The predicted octanol–water partition coefficient (Wildman–Crippen LogP) is 9.36. The summed E-state index contributed by atoms with van der Waals surface area (Å²) in [5, 5.41) is 1.97. The van der Waals surface area contributed by atoms with Crippen LogP contribution in [0.25, 0.3) is 77.1 Å². The Morgan fingerprint density at radius 1 is 0.395 bits per heavy atom. The monoisotopic (exact) mass is 569 g/mol. The summed E-state index contributed by atoms with van der Waals surface area (Å²) in [5.74, 6) is 1.90. The van der Waals surface area contributed by atoms with E-state index >= 15 is 0 Å². The van der Waals surface area contributed by atoms with Gasteiger partial charge in [-0.25, -0.2) is 24.9 Å². The first-order valence-electron chi connectivity index (χ1n) is 14.0. The van der Waals surface area contributed by atoms with Crippen molar-refractivity contribution < 1.29 is 0 Å². The molecular weight excluding hydrogens is 547 g/mol. The van der Waals surface area contributed by atoms with Crippen molar-refractivity contribution in [1.82, 2.24) is 24.9 Å². The highest BCUT2D eigenvalue weighted by molar-refractivity contribution is 7.22. The molecule has 0 saturated carbocycles. The van der Waals surface area contributed by atoms with E-state index in [1.807, 2.05) is 103 Å². The Bertz CT molecular complexity index is 2170. The number of para-hydroxylation sites is 1. The van der Waals surface area contributed by atoms with E-state index in [-0.39, 0.29) is 0 Å². The van der Waals surface area contributed by atoms with Crippen molar-refractivity contribution in [3.05, 3.63) is 140 Å². The first-order valence-corrected chi connectivity index (χ1v) is 14.8. The van der Waals surface area contributed by atoms with Gasteiger partial charge in [0.05, 0.1) is 21.4 Å². The second-order valence-electron chi connectivity index (χ2n) is 10.2. The lowest BCUT2D eigenvalue weighted by Crippen LogP contribution is -2.00. The highest BCUT2D eigenvalue weighted by Crippen LogP contribution is 2.40. The number of fused-ring (bicyclic) bond motifs is 3. The average molecular weight is 570 g/mol. The number of pyridine rings is 1. The Morgan fingerprint density at radius 2 is 0.907 bits per heavy atom. The van der Waals surface area contributed by atoms with Crippen LogP contribution in [0.5, 0.6) is 0 Å². The lowest BCUT2D eigenvalue weighted by molar-refractivity contribution is 1.07. The van der Waals surface area contributed by atoms with Crippen molar-refractivity contribution in [2.45, 2.75) is 0 Å². The maximum atomic E-state index is 5.19. The van der Waals surface area contributed by atoms with Crippen molar-refractivity contribution in [2.75, 3.05) is 0 Å². The third kappa shape index (κ3) is 4.74. The van der Waals surface area contributed by atoms with Gasteiger partial charge in [0.2, 0.25) is 0 Å². The SMILES string of the molecule is c1ccc(-c2nc(-c3ccccc3)nc(-c3cccc(-c4nc5c(s4)c(-c4ccccc4)nc4ccccc45)c3)n2)cc1. The molecule has 0 bridgehead atoms. The van der Waals surface area contributed by atoms with Crippen LogP contribution in [0.4, 0.5) is 0 Å². The van der Waals surface area contributed by atoms with Crippen molar-refractivity contribution in [2.24, 2.45) is 0 Å². The van der Waals surface area contributed by atoms with Crippen LogP contribution in [0.3, 0.4) is 0 Å². The molecule has 0 aliphatic carbocycles. The Hall–Kier alpha value is -5.59. The lowest BCUT2D eigenvalue weighted by atomic mass is 10.1. The van der Waals surface area contributed by atoms with E-state index in [9.17, 15) is 0 Å². The molecule has 43 heavy (non-hydrogen) atoms. The number of benzene rings is 5. The van der Waals surface area contributed by atoms with E-state index in [0.29, 0.717) is 17.5 Å². The van der Waals surface area contributed by atoms with Gasteiger partial charge in [-0.2, -0.15) is 0 Å². The standard InChI is InChI=1S/C37H23N5S/c1-4-13-24(14-5-1)31-33-32(29-21-10-11-22-30(29)38-31)39-37(43-33)28-20-12-19-27(23-28)36-41-34(25-15-6-2-7-16-25)40-35(42-36)26-17-8-3-9-18-26/h1-23H. The molecule has 0 aliphatic rings. The third-order valence-corrected chi connectivity index (χ3v) is 8.46. The molecule has 202 valence electrons. The van der Waals surface area contributed by atoms with E-state index in [1.165, 1.54) is 0 Å². The van der Waals surface area contributed by atoms with E-state index < -0.39 is 0 Å². The summed E-state index contributed by atoms with van der Waals surface area (Å²) < 4.78 is 1.07. The van der Waals surface area contributed by atoms with Crippen molar-refractivity contribution >= 4 is 32.5 Å². The molecule has 8 aromatic rings. The topological polar surface area (TPSA) is 64.5 Å². The van der Waals surface area contributed by atoms with E-state index in [1.54, 1.807) is 11.3 Å². The van der Waals surface area contributed by atoms with Crippen LogP contribution >= 0.6 is 11.3 Å². The quantitative estimate of drug-likeness (QED) is 0.207. The highest BCUT2D eigenvalue weighted by Gasteiger charge is 2.18. The predicted molar refractivity (Wildman–Crippen MR) is 175 cm³/mol. The second kappa shape index (κ2) is 10.7. The summed E-state index contributed by atoms with van der Waals surface area (Å²) in [6.45, 7) is 0. The van der Waals surface area contributed by atoms with Gasteiger partial charge >= 0.3 is 0 Å². The molecule has 0 radical (unpaired) electrons. The summed E-state index contributed by atoms with van der Waals surface area (Å²) in [4.78, 5) is 24.9. The van der Waals surface area contributed by atoms with Crippen LogP contribution < -0.4 is 0 Å². The van der Waals surface area contributed by atoms with Gasteiger partial charge in [0.1, 0.15) is 5.01 Å². The fourth-order valence-corrected chi connectivity index (χ4v) is 6.34. The largest absolute Gasteiger partial charge is 0.246 e. The van der Waals surface area contributed by atoms with Gasteiger partial charge in [-0.1, -0.05) is 127 Å². The van der Waals surface area contributed by atoms with Gasteiger partial charge in [0.25, 0.3) is 0 Å². The number of thiazole rings is 1. The first kappa shape index (κ1) is 25.1. The minimum atomic E-state index is 0.618. The molecule has 0 unspecified atom stereocenters. The fourth-order valence-electron chi connectivity index (χ4n) is 5.25. The normalized spacial score (nSPS) is 11.3. The Labute approximate surface area is 252 Å². The molecule has 0 amide bonds. The van der Waals surface area contributed by atoms with Crippen LogP contribution in [0.1, 0.15) is 0 Å². The molecule has 3 aromatic heterocycles. The molecule has 8 rings (SSSR count). The molecular formula is C37H23N5S. The third-order valence-electron chi connectivity index (χ3n) is 7.35. The number of hydrogen-bond acceptors (Lipinski definition) is 6. The minimum absolute atomic E-state index is 0.618. The second-order valence-corrected chi connectivity index (χ2v) is 11.2. The van der Waals surface area contributed by atoms with Crippen molar-refractivity contribution in [3.8, 4) is 56.0 Å². The Kier molecular flexibility index (Phi) is 6.24. The summed E-state index contributed by atoms with van der Waals surface area (Å²) in [6.07, 6.45) is 0. The molecule has 3 heterocycles. The minimum Gasteiger partial charge on any atom is -0.246 e. The molecule has 0 atom stereocenters. The maximum absolute atomic E-state index is 5.19. The summed E-state index contributed by atoms with van der Waals surface area (Å²) in [5.41, 5.74) is 7.72. The molecule has 0 saturated heterocycles. The maximum Gasteiger partial charge on any atom is 0.164 e. The van der Waals surface area contributed by atoms with E-state index in [4.69, 9.17) is 24.9 Å². The van der Waals surface area contributed by atoms with Gasteiger partial charge < -0.3 is 0 Å². The Balaban J connectivity index is 1.29.